The standard InChI is InChI=1S/C13H15FO3/c1-2-17-13(16)6-9-4-3-8-5-12(15)11(14)7-10(8)9/h5,7,9,15H,2-4,6H2,1H3/t9-/m1/s1. The van der Waals surface area contributed by atoms with Crippen LogP contribution < -0.4 is 0 Å². The van der Waals surface area contributed by atoms with Crippen molar-refractivity contribution < 1.29 is 19.0 Å². The van der Waals surface area contributed by atoms with E-state index < -0.39 is 5.82 Å². The Morgan fingerprint density at radius 3 is 3.06 bits per heavy atom. The number of phenolic OH excluding ortho intramolecular Hbond substituents is 1. The van der Waals surface area contributed by atoms with Crippen molar-refractivity contribution in [2.24, 2.45) is 0 Å². The number of rotatable bonds is 3. The molecule has 0 amide bonds. The average molecular weight is 238 g/mol. The van der Waals surface area contributed by atoms with Gasteiger partial charge in [0, 0.05) is 0 Å². The van der Waals surface area contributed by atoms with Crippen LogP contribution in [0, 0.1) is 5.82 Å². The van der Waals surface area contributed by atoms with Gasteiger partial charge in [-0.15, -0.1) is 0 Å². The molecule has 0 aliphatic heterocycles. The van der Waals surface area contributed by atoms with Gasteiger partial charge >= 0.3 is 5.97 Å². The van der Waals surface area contributed by atoms with Crippen LogP contribution in [0.1, 0.15) is 36.8 Å². The topological polar surface area (TPSA) is 46.5 Å². The minimum absolute atomic E-state index is 0.0131. The molecule has 0 unspecified atom stereocenters. The minimum atomic E-state index is -0.625. The molecule has 1 N–H and O–H groups in total. The van der Waals surface area contributed by atoms with Crippen molar-refractivity contribution in [3.05, 3.63) is 29.1 Å². The molecule has 0 heterocycles. The summed E-state index contributed by atoms with van der Waals surface area (Å²) in [5.74, 6) is -1.18. The predicted octanol–water partition coefficient (Wildman–Crippen LogP) is 2.51. The Morgan fingerprint density at radius 2 is 2.35 bits per heavy atom. The van der Waals surface area contributed by atoms with Gasteiger partial charge in [0.15, 0.2) is 11.6 Å². The van der Waals surface area contributed by atoms with Gasteiger partial charge in [-0.3, -0.25) is 4.79 Å². The third-order valence-corrected chi connectivity index (χ3v) is 3.13. The third kappa shape index (κ3) is 2.40. The Kier molecular flexibility index (Phi) is 3.31. The van der Waals surface area contributed by atoms with Gasteiger partial charge in [-0.2, -0.15) is 0 Å². The van der Waals surface area contributed by atoms with E-state index in [1.807, 2.05) is 0 Å². The van der Waals surface area contributed by atoms with Gasteiger partial charge in [0.2, 0.25) is 0 Å². The number of hydrogen-bond acceptors (Lipinski definition) is 3. The lowest BCUT2D eigenvalue weighted by atomic mass is 9.97. The molecule has 2 rings (SSSR count). The molecular weight excluding hydrogens is 223 g/mol. The largest absolute Gasteiger partial charge is 0.505 e. The molecule has 1 aliphatic rings. The fourth-order valence-corrected chi connectivity index (χ4v) is 2.34. The van der Waals surface area contributed by atoms with E-state index in [9.17, 15) is 14.3 Å². The summed E-state index contributed by atoms with van der Waals surface area (Å²) in [4.78, 5) is 11.4. The Balaban J connectivity index is 2.16. The lowest BCUT2D eigenvalue weighted by molar-refractivity contribution is -0.143. The highest BCUT2D eigenvalue weighted by atomic mass is 19.1. The molecule has 0 spiro atoms. The predicted molar refractivity (Wildman–Crippen MR) is 60.4 cm³/mol. The number of hydrogen-bond donors (Lipinski definition) is 1. The summed E-state index contributed by atoms with van der Waals surface area (Å²) >= 11 is 0. The first-order valence-corrected chi connectivity index (χ1v) is 5.78. The van der Waals surface area contributed by atoms with E-state index in [2.05, 4.69) is 0 Å². The van der Waals surface area contributed by atoms with Crippen molar-refractivity contribution in [3.8, 4) is 5.75 Å². The van der Waals surface area contributed by atoms with Crippen LogP contribution in [0.4, 0.5) is 4.39 Å². The van der Waals surface area contributed by atoms with Crippen LogP contribution in [0.2, 0.25) is 0 Å². The van der Waals surface area contributed by atoms with Crippen molar-refractivity contribution in [2.75, 3.05) is 6.61 Å². The maximum absolute atomic E-state index is 13.3. The molecule has 1 aliphatic carbocycles. The van der Waals surface area contributed by atoms with Gasteiger partial charge in [-0.05, 0) is 48.9 Å². The number of aromatic hydroxyl groups is 1. The third-order valence-electron chi connectivity index (χ3n) is 3.13. The summed E-state index contributed by atoms with van der Waals surface area (Å²) in [5, 5.41) is 9.27. The van der Waals surface area contributed by atoms with Crippen LogP contribution >= 0.6 is 0 Å². The van der Waals surface area contributed by atoms with Crippen molar-refractivity contribution in [1.82, 2.24) is 0 Å². The molecule has 3 nitrogen and oxygen atoms in total. The van der Waals surface area contributed by atoms with E-state index in [1.165, 1.54) is 12.1 Å². The Morgan fingerprint density at radius 1 is 1.59 bits per heavy atom. The summed E-state index contributed by atoms with van der Waals surface area (Å²) < 4.78 is 18.2. The molecule has 1 aromatic rings. The van der Waals surface area contributed by atoms with E-state index in [1.54, 1.807) is 6.92 Å². The highest BCUT2D eigenvalue weighted by Gasteiger charge is 2.26. The lowest BCUT2D eigenvalue weighted by Crippen LogP contribution is -2.08. The number of aryl methyl sites for hydroxylation is 1. The van der Waals surface area contributed by atoms with Gasteiger partial charge < -0.3 is 9.84 Å². The Hall–Kier alpha value is -1.58. The van der Waals surface area contributed by atoms with E-state index in [-0.39, 0.29) is 24.1 Å². The smallest absolute Gasteiger partial charge is 0.306 e. The molecule has 0 bridgehead atoms. The van der Waals surface area contributed by atoms with Gasteiger partial charge in [-0.1, -0.05) is 0 Å². The number of esters is 1. The summed E-state index contributed by atoms with van der Waals surface area (Å²) in [5.41, 5.74) is 1.76. The summed E-state index contributed by atoms with van der Waals surface area (Å²) in [7, 11) is 0. The molecule has 0 saturated heterocycles. The average Bonchev–Trinajstić information content (AvgIpc) is 2.63. The van der Waals surface area contributed by atoms with Crippen LogP contribution in [-0.2, 0) is 16.0 Å². The van der Waals surface area contributed by atoms with Gasteiger partial charge in [0.25, 0.3) is 0 Å². The zero-order valence-corrected chi connectivity index (χ0v) is 9.70. The lowest BCUT2D eigenvalue weighted by Gasteiger charge is -2.11. The Labute approximate surface area is 99.2 Å². The maximum Gasteiger partial charge on any atom is 0.306 e. The number of fused-ring (bicyclic) bond motifs is 1. The van der Waals surface area contributed by atoms with Crippen molar-refractivity contribution in [1.29, 1.82) is 0 Å². The molecule has 0 saturated carbocycles. The van der Waals surface area contributed by atoms with Crippen molar-refractivity contribution in [3.63, 3.8) is 0 Å². The molecule has 17 heavy (non-hydrogen) atoms. The van der Waals surface area contributed by atoms with Gasteiger partial charge in [0.1, 0.15) is 0 Å². The van der Waals surface area contributed by atoms with E-state index in [0.717, 1.165) is 24.0 Å². The second-order valence-electron chi connectivity index (χ2n) is 4.25. The quantitative estimate of drug-likeness (QED) is 0.823. The van der Waals surface area contributed by atoms with E-state index in [0.29, 0.717) is 6.61 Å². The summed E-state index contributed by atoms with van der Waals surface area (Å²) in [6.07, 6.45) is 1.86. The number of halogens is 1. The molecule has 0 fully saturated rings. The number of phenols is 1. The van der Waals surface area contributed by atoms with Crippen molar-refractivity contribution in [2.45, 2.75) is 32.1 Å². The monoisotopic (exact) mass is 238 g/mol. The highest BCUT2D eigenvalue weighted by Crippen LogP contribution is 2.38. The van der Waals surface area contributed by atoms with Crippen LogP contribution in [-0.4, -0.2) is 17.7 Å². The number of carbonyl (C=O) groups is 1. The molecule has 4 heteroatoms. The zero-order valence-electron chi connectivity index (χ0n) is 9.70. The van der Waals surface area contributed by atoms with Gasteiger partial charge in [0.05, 0.1) is 13.0 Å². The molecule has 92 valence electrons. The minimum Gasteiger partial charge on any atom is -0.505 e. The highest BCUT2D eigenvalue weighted by molar-refractivity contribution is 5.71. The zero-order chi connectivity index (χ0) is 12.4. The van der Waals surface area contributed by atoms with E-state index >= 15 is 0 Å². The first-order valence-electron chi connectivity index (χ1n) is 5.78. The number of ether oxygens (including phenoxy) is 1. The normalized spacial score (nSPS) is 17.9. The fourth-order valence-electron chi connectivity index (χ4n) is 2.34. The molecule has 0 aromatic heterocycles. The SMILES string of the molecule is CCOC(=O)C[C@H]1CCc2cc(O)c(F)cc21. The Bertz CT molecular complexity index is 443. The summed E-state index contributed by atoms with van der Waals surface area (Å²) in [6.45, 7) is 2.13. The summed E-state index contributed by atoms with van der Waals surface area (Å²) in [6, 6.07) is 2.79. The molecular formula is C13H15FO3. The first kappa shape index (κ1) is 11.9. The van der Waals surface area contributed by atoms with Crippen LogP contribution in [0.25, 0.3) is 0 Å². The maximum atomic E-state index is 13.3. The molecule has 0 radical (unpaired) electrons. The molecule has 1 atom stereocenters. The fraction of sp³-hybridized carbons (Fsp3) is 0.462. The first-order chi connectivity index (χ1) is 8.11. The van der Waals surface area contributed by atoms with E-state index in [4.69, 9.17) is 4.74 Å². The second kappa shape index (κ2) is 4.73. The van der Waals surface area contributed by atoms with Crippen LogP contribution in [0.15, 0.2) is 12.1 Å². The molecule has 1 aromatic carbocycles. The van der Waals surface area contributed by atoms with Gasteiger partial charge in [-0.25, -0.2) is 4.39 Å². The number of carbonyl (C=O) groups excluding carboxylic acids is 1. The number of benzene rings is 1. The van der Waals surface area contributed by atoms with Crippen LogP contribution in [0.5, 0.6) is 5.75 Å². The van der Waals surface area contributed by atoms with Crippen LogP contribution in [0.3, 0.4) is 0 Å². The van der Waals surface area contributed by atoms with Crippen molar-refractivity contribution >= 4 is 5.97 Å². The second-order valence-corrected chi connectivity index (χ2v) is 4.25.